The fraction of sp³-hybridized carbons (Fsp3) is 0.132. The second-order valence-electron chi connectivity index (χ2n) is 15.0. The molecule has 0 unspecified atom stereocenters. The van der Waals surface area contributed by atoms with Gasteiger partial charge in [-0.25, -0.2) is 4.79 Å². The minimum Gasteiger partial charge on any atom is -0.481 e. The number of aldehydes is 1. The molecule has 0 radical (unpaired) electrons. The van der Waals surface area contributed by atoms with Crippen LogP contribution >= 0.6 is 23.5 Å². The normalized spacial score (nSPS) is 12.9. The maximum absolute atomic E-state index is 11.0. The van der Waals surface area contributed by atoms with Crippen LogP contribution in [0.1, 0.15) is 78.0 Å². The lowest BCUT2D eigenvalue weighted by molar-refractivity contribution is -0.147. The van der Waals surface area contributed by atoms with Crippen LogP contribution in [0.3, 0.4) is 0 Å². The summed E-state index contributed by atoms with van der Waals surface area (Å²) in [5.74, 6) is -1.69. The lowest BCUT2D eigenvalue weighted by Crippen LogP contribution is -2.04. The fourth-order valence-corrected chi connectivity index (χ4v) is 9.50. The molecule has 0 aromatic heterocycles. The van der Waals surface area contributed by atoms with Crippen LogP contribution in [-0.2, 0) is 14.4 Å². The number of carboxylic acids is 3. The van der Waals surface area contributed by atoms with Gasteiger partial charge in [0.1, 0.15) is 12.7 Å². The Morgan fingerprint density at radius 2 is 0.871 bits per heavy atom. The fourth-order valence-electron chi connectivity index (χ4n) is 7.09. The summed E-state index contributed by atoms with van der Waals surface area (Å²) in [6, 6.07) is 46.9. The molecule has 0 atom stereocenters. The molecular formula is C53H46O7S2. The summed E-state index contributed by atoms with van der Waals surface area (Å²) >= 11 is 3.79. The largest absolute Gasteiger partial charge is 0.481 e. The molecular weight excluding hydrogens is 813 g/mol. The minimum atomic E-state index is -1.31. The number of rotatable bonds is 9. The number of fused-ring (bicyclic) bond motifs is 2. The first-order valence-corrected chi connectivity index (χ1v) is 21.9. The highest BCUT2D eigenvalue weighted by molar-refractivity contribution is 8.00. The van der Waals surface area contributed by atoms with Crippen molar-refractivity contribution in [3.63, 3.8) is 0 Å². The first kappa shape index (κ1) is 44.9. The Balaban J connectivity index is 0.000000180. The van der Waals surface area contributed by atoms with Gasteiger partial charge in [-0.3, -0.25) is 14.4 Å². The number of carbonyl (C=O) groups excluding carboxylic acids is 1. The number of benzene rings is 6. The molecule has 0 saturated heterocycles. The average molecular weight is 859 g/mol. The predicted molar refractivity (Wildman–Crippen MR) is 253 cm³/mol. The third-order valence-electron chi connectivity index (χ3n) is 10.2. The molecule has 0 spiro atoms. The first-order chi connectivity index (χ1) is 29.8. The summed E-state index contributed by atoms with van der Waals surface area (Å²) in [7, 11) is 0. The van der Waals surface area contributed by atoms with E-state index < -0.39 is 24.3 Å². The highest BCUT2D eigenvalue weighted by Gasteiger charge is 2.24. The Labute approximate surface area is 370 Å². The maximum Gasteiger partial charge on any atom is 0.328 e. The second kappa shape index (κ2) is 20.7. The summed E-state index contributed by atoms with van der Waals surface area (Å²) in [6.45, 7) is 8.49. The maximum atomic E-state index is 11.0. The van der Waals surface area contributed by atoms with Crippen molar-refractivity contribution in [1.29, 1.82) is 0 Å². The molecule has 2 heterocycles. The van der Waals surface area contributed by atoms with E-state index in [0.29, 0.717) is 5.56 Å². The summed E-state index contributed by atoms with van der Waals surface area (Å²) in [6.07, 6.45) is 2.88. The number of aliphatic carboxylic acids is 3. The third-order valence-corrected chi connectivity index (χ3v) is 12.4. The first-order valence-electron chi connectivity index (χ1n) is 19.9. The zero-order valence-electron chi connectivity index (χ0n) is 34.8. The summed E-state index contributed by atoms with van der Waals surface area (Å²) in [4.78, 5) is 43.3. The molecule has 0 saturated carbocycles. The van der Waals surface area contributed by atoms with Gasteiger partial charge in [-0.1, -0.05) is 132 Å². The molecule has 6 aromatic carbocycles. The van der Waals surface area contributed by atoms with Crippen LogP contribution in [0.5, 0.6) is 0 Å². The van der Waals surface area contributed by atoms with Crippen LogP contribution in [-0.4, -0.2) is 51.0 Å². The van der Waals surface area contributed by atoms with Gasteiger partial charge in [-0.05, 0) is 118 Å². The molecule has 0 bridgehead atoms. The van der Waals surface area contributed by atoms with E-state index in [-0.39, 0.29) is 0 Å². The number of hydrogen-bond donors (Lipinski definition) is 3. The molecule has 0 fully saturated rings. The zero-order valence-corrected chi connectivity index (χ0v) is 36.5. The number of carboxylic acid groups (broad SMARTS) is 3. The SMILES string of the molecule is Cc1ccc(C2=C(c3ccc(/C=C/C(=O)O)cc3)c3ccc(C)cc3SC2)cc1.Cc1ccc(C2=C(c3ccc(C=O)cc3)c3ccc(C)cc3SC2)cc1.O=C(O)CC(=O)O. The van der Waals surface area contributed by atoms with Crippen LogP contribution in [0.2, 0.25) is 0 Å². The van der Waals surface area contributed by atoms with Crippen molar-refractivity contribution < 1.29 is 34.5 Å². The molecule has 3 N–H and O–H groups in total. The van der Waals surface area contributed by atoms with Crippen molar-refractivity contribution in [2.75, 3.05) is 11.5 Å². The monoisotopic (exact) mass is 858 g/mol. The molecule has 2 aliphatic heterocycles. The molecule has 2 aliphatic rings. The van der Waals surface area contributed by atoms with E-state index in [2.05, 4.69) is 137 Å². The molecule has 8 rings (SSSR count). The van der Waals surface area contributed by atoms with Crippen molar-refractivity contribution in [3.8, 4) is 0 Å². The second-order valence-corrected chi connectivity index (χ2v) is 17.0. The van der Waals surface area contributed by atoms with E-state index in [0.717, 1.165) is 34.5 Å². The zero-order chi connectivity index (χ0) is 44.3. The van der Waals surface area contributed by atoms with Gasteiger partial charge in [-0.15, -0.1) is 23.5 Å². The third kappa shape index (κ3) is 11.6. The van der Waals surface area contributed by atoms with E-state index in [1.165, 1.54) is 82.7 Å². The van der Waals surface area contributed by atoms with Crippen LogP contribution in [0, 0.1) is 27.7 Å². The van der Waals surface area contributed by atoms with Crippen molar-refractivity contribution in [2.24, 2.45) is 0 Å². The van der Waals surface area contributed by atoms with Gasteiger partial charge in [0.15, 0.2) is 0 Å². The van der Waals surface area contributed by atoms with Gasteiger partial charge in [0.05, 0.1) is 0 Å². The van der Waals surface area contributed by atoms with Gasteiger partial charge in [0.2, 0.25) is 0 Å². The molecule has 312 valence electrons. The molecule has 0 aliphatic carbocycles. The lowest BCUT2D eigenvalue weighted by atomic mass is 9.89. The van der Waals surface area contributed by atoms with Gasteiger partial charge in [0, 0.05) is 32.9 Å². The van der Waals surface area contributed by atoms with Gasteiger partial charge < -0.3 is 15.3 Å². The number of hydrogen-bond acceptors (Lipinski definition) is 6. The van der Waals surface area contributed by atoms with E-state index in [4.69, 9.17) is 15.3 Å². The van der Waals surface area contributed by atoms with Crippen LogP contribution in [0.25, 0.3) is 28.4 Å². The van der Waals surface area contributed by atoms with Crippen molar-refractivity contribution in [3.05, 3.63) is 206 Å². The van der Waals surface area contributed by atoms with E-state index >= 15 is 0 Å². The number of thioether (sulfide) groups is 2. The topological polar surface area (TPSA) is 129 Å². The molecule has 62 heavy (non-hydrogen) atoms. The molecule has 6 aromatic rings. The summed E-state index contributed by atoms with van der Waals surface area (Å²) in [5, 5.41) is 24.3. The van der Waals surface area contributed by atoms with Crippen molar-refractivity contribution in [2.45, 2.75) is 43.9 Å². The van der Waals surface area contributed by atoms with Crippen LogP contribution in [0.15, 0.2) is 149 Å². The van der Waals surface area contributed by atoms with Crippen molar-refractivity contribution in [1.82, 2.24) is 0 Å². The molecule has 0 amide bonds. The lowest BCUT2D eigenvalue weighted by Gasteiger charge is -2.24. The smallest absolute Gasteiger partial charge is 0.328 e. The van der Waals surface area contributed by atoms with Gasteiger partial charge >= 0.3 is 17.9 Å². The number of carbonyl (C=O) groups is 4. The highest BCUT2D eigenvalue weighted by Crippen LogP contribution is 2.46. The van der Waals surface area contributed by atoms with Crippen LogP contribution < -0.4 is 0 Å². The quantitative estimate of drug-likeness (QED) is 0.0739. The summed E-state index contributed by atoms with van der Waals surface area (Å²) < 4.78 is 0. The van der Waals surface area contributed by atoms with E-state index in [1.54, 1.807) is 6.08 Å². The predicted octanol–water partition coefficient (Wildman–Crippen LogP) is 12.2. The standard InChI is InChI=1S/C26H22O2S.C24H20OS.C3H4O4/c1-17-3-9-20(10-4-17)23-16-29-24-15-18(2)5-13-22(24)26(23)21-11-6-19(7-12-21)8-14-25(27)28;1-16-3-8-19(9-4-16)22-15-26-23-13-17(2)5-12-21(23)24(22)20-10-6-18(14-25)7-11-20;4-2(5)1-3(6)7/h3-15H,16H2,1-2H3,(H,27,28);3-14H,15H2,1-2H3;1H2,(H,4,5)(H,6,7)/b14-8+;;. The Kier molecular flexibility index (Phi) is 15.0. The van der Waals surface area contributed by atoms with Crippen LogP contribution in [0.4, 0.5) is 0 Å². The Morgan fingerprint density at radius 1 is 0.500 bits per heavy atom. The van der Waals surface area contributed by atoms with E-state index in [1.807, 2.05) is 47.8 Å². The Hall–Kier alpha value is -6.68. The minimum absolute atomic E-state index is 0.709. The highest BCUT2D eigenvalue weighted by atomic mass is 32.2. The molecule has 9 heteroatoms. The van der Waals surface area contributed by atoms with Gasteiger partial charge in [-0.2, -0.15) is 0 Å². The average Bonchev–Trinajstić information content (AvgIpc) is 3.25. The van der Waals surface area contributed by atoms with E-state index in [9.17, 15) is 19.2 Å². The van der Waals surface area contributed by atoms with Crippen molar-refractivity contribution >= 4 is 76.1 Å². The van der Waals surface area contributed by atoms with Gasteiger partial charge in [0.25, 0.3) is 0 Å². The number of aryl methyl sites for hydroxylation is 4. The Bertz CT molecular complexity index is 2700. The summed E-state index contributed by atoms with van der Waals surface area (Å²) in [5.41, 5.74) is 19.3. The Morgan fingerprint density at radius 3 is 1.23 bits per heavy atom. The molecule has 7 nitrogen and oxygen atoms in total.